The van der Waals surface area contributed by atoms with Gasteiger partial charge in [-0.15, -0.1) is 0 Å². The Morgan fingerprint density at radius 3 is 2.57 bits per heavy atom. The van der Waals surface area contributed by atoms with Crippen molar-refractivity contribution in [1.82, 2.24) is 5.43 Å². The van der Waals surface area contributed by atoms with E-state index in [1.165, 1.54) is 36.4 Å². The molecule has 0 aliphatic rings. The molecule has 0 heterocycles. The lowest BCUT2D eigenvalue weighted by atomic mass is 9.99. The summed E-state index contributed by atoms with van der Waals surface area (Å²) < 4.78 is 42.2. The topological polar surface area (TPSA) is 47.3 Å². The van der Waals surface area contributed by atoms with Gasteiger partial charge in [0.05, 0.1) is 6.04 Å². The number of benzene rings is 2. The SMILES string of the molecule is NNC(c1cccc(OC(F)F)c1)c1cc(F)ccc1Cl. The first kappa shape index (κ1) is 15.6. The third-order valence-corrected chi connectivity index (χ3v) is 3.20. The fourth-order valence-electron chi connectivity index (χ4n) is 1.97. The van der Waals surface area contributed by atoms with E-state index in [4.69, 9.17) is 17.4 Å². The summed E-state index contributed by atoms with van der Waals surface area (Å²) in [6.07, 6.45) is 0. The summed E-state index contributed by atoms with van der Waals surface area (Å²) >= 11 is 6.03. The molecule has 0 saturated carbocycles. The van der Waals surface area contributed by atoms with E-state index in [-0.39, 0.29) is 5.75 Å². The van der Waals surface area contributed by atoms with Crippen LogP contribution in [0.15, 0.2) is 42.5 Å². The molecule has 3 N–H and O–H groups in total. The quantitative estimate of drug-likeness (QED) is 0.654. The van der Waals surface area contributed by atoms with Gasteiger partial charge in [0.15, 0.2) is 0 Å². The molecule has 0 bridgehead atoms. The summed E-state index contributed by atoms with van der Waals surface area (Å²) in [5, 5.41) is 0.305. The van der Waals surface area contributed by atoms with E-state index >= 15 is 0 Å². The van der Waals surface area contributed by atoms with E-state index in [9.17, 15) is 13.2 Å². The summed E-state index contributed by atoms with van der Waals surface area (Å²) in [5.74, 6) is 4.99. The number of halogens is 4. The van der Waals surface area contributed by atoms with Crippen molar-refractivity contribution in [2.24, 2.45) is 5.84 Å². The van der Waals surface area contributed by atoms with E-state index in [1.807, 2.05) is 0 Å². The molecule has 0 aliphatic carbocycles. The average molecular weight is 317 g/mol. The molecule has 0 amide bonds. The van der Waals surface area contributed by atoms with Crippen molar-refractivity contribution in [2.75, 3.05) is 0 Å². The molecule has 2 aromatic carbocycles. The van der Waals surface area contributed by atoms with Gasteiger partial charge in [0.25, 0.3) is 0 Å². The van der Waals surface area contributed by atoms with E-state index in [2.05, 4.69) is 10.2 Å². The monoisotopic (exact) mass is 316 g/mol. The normalized spacial score (nSPS) is 12.5. The highest BCUT2D eigenvalue weighted by molar-refractivity contribution is 6.31. The summed E-state index contributed by atoms with van der Waals surface area (Å²) in [6.45, 7) is -2.93. The van der Waals surface area contributed by atoms with Gasteiger partial charge in [0, 0.05) is 5.02 Å². The first-order chi connectivity index (χ1) is 10.0. The predicted molar refractivity (Wildman–Crippen MR) is 73.7 cm³/mol. The van der Waals surface area contributed by atoms with Gasteiger partial charge in [-0.1, -0.05) is 23.7 Å². The molecule has 21 heavy (non-hydrogen) atoms. The Kier molecular flexibility index (Phi) is 5.06. The maximum Gasteiger partial charge on any atom is 0.387 e. The molecule has 1 atom stereocenters. The highest BCUT2D eigenvalue weighted by Gasteiger charge is 2.17. The van der Waals surface area contributed by atoms with Crippen LogP contribution in [0.1, 0.15) is 17.2 Å². The second-order valence-electron chi connectivity index (χ2n) is 4.22. The van der Waals surface area contributed by atoms with Crippen molar-refractivity contribution >= 4 is 11.6 Å². The number of rotatable bonds is 5. The molecule has 0 spiro atoms. The highest BCUT2D eigenvalue weighted by atomic mass is 35.5. The minimum absolute atomic E-state index is 0.0183. The largest absolute Gasteiger partial charge is 0.435 e. The van der Waals surface area contributed by atoms with Crippen molar-refractivity contribution in [2.45, 2.75) is 12.7 Å². The lowest BCUT2D eigenvalue weighted by molar-refractivity contribution is -0.0498. The summed E-state index contributed by atoms with van der Waals surface area (Å²) in [6, 6.07) is 9.14. The number of ether oxygens (including phenoxy) is 1. The number of hydrazine groups is 1. The van der Waals surface area contributed by atoms with Crippen LogP contribution < -0.4 is 16.0 Å². The Morgan fingerprint density at radius 2 is 1.90 bits per heavy atom. The van der Waals surface area contributed by atoms with Crippen LogP contribution in [-0.4, -0.2) is 6.61 Å². The zero-order valence-corrected chi connectivity index (χ0v) is 11.4. The maximum absolute atomic E-state index is 13.4. The summed E-state index contributed by atoms with van der Waals surface area (Å²) in [4.78, 5) is 0. The molecule has 0 radical (unpaired) electrons. The Hall–Kier alpha value is -1.76. The molecule has 0 fully saturated rings. The Morgan fingerprint density at radius 1 is 1.14 bits per heavy atom. The highest BCUT2D eigenvalue weighted by Crippen LogP contribution is 2.30. The van der Waals surface area contributed by atoms with Crippen molar-refractivity contribution < 1.29 is 17.9 Å². The number of hydrogen-bond acceptors (Lipinski definition) is 3. The molecule has 2 rings (SSSR count). The Labute approximate surface area is 124 Å². The van der Waals surface area contributed by atoms with Crippen molar-refractivity contribution in [1.29, 1.82) is 0 Å². The standard InChI is InChI=1S/C14H12ClF3N2O/c15-12-5-4-9(16)7-11(12)13(20-19)8-2-1-3-10(6-8)21-14(17)18/h1-7,13-14,20H,19H2. The van der Waals surface area contributed by atoms with Gasteiger partial charge in [-0.2, -0.15) is 8.78 Å². The van der Waals surface area contributed by atoms with E-state index in [0.717, 1.165) is 0 Å². The van der Waals surface area contributed by atoms with Crippen molar-refractivity contribution in [3.05, 3.63) is 64.4 Å². The Bertz CT molecular complexity index is 625. The number of nitrogens with one attached hydrogen (secondary N) is 1. The first-order valence-corrected chi connectivity index (χ1v) is 6.35. The van der Waals surface area contributed by atoms with Gasteiger partial charge < -0.3 is 4.74 Å². The predicted octanol–water partition coefficient (Wildman–Crippen LogP) is 3.63. The van der Waals surface area contributed by atoms with Crippen LogP contribution in [0.5, 0.6) is 5.75 Å². The smallest absolute Gasteiger partial charge is 0.387 e. The molecule has 7 heteroatoms. The van der Waals surface area contributed by atoms with Crippen LogP contribution in [0.4, 0.5) is 13.2 Å². The maximum atomic E-state index is 13.4. The van der Waals surface area contributed by atoms with Gasteiger partial charge in [0.2, 0.25) is 0 Å². The minimum atomic E-state index is -2.93. The molecule has 1 unspecified atom stereocenters. The second kappa shape index (κ2) is 6.80. The second-order valence-corrected chi connectivity index (χ2v) is 4.62. The van der Waals surface area contributed by atoms with E-state index in [1.54, 1.807) is 6.07 Å². The van der Waals surface area contributed by atoms with Crippen molar-refractivity contribution in [3.8, 4) is 5.75 Å². The minimum Gasteiger partial charge on any atom is -0.435 e. The van der Waals surface area contributed by atoms with Gasteiger partial charge in [-0.3, -0.25) is 5.84 Å². The zero-order chi connectivity index (χ0) is 15.4. The lowest BCUT2D eigenvalue weighted by Crippen LogP contribution is -2.29. The van der Waals surface area contributed by atoms with Gasteiger partial charge >= 0.3 is 6.61 Å². The number of hydrogen-bond donors (Lipinski definition) is 2. The van der Waals surface area contributed by atoms with Crippen LogP contribution in [0, 0.1) is 5.82 Å². The summed E-state index contributed by atoms with van der Waals surface area (Å²) in [5.41, 5.74) is 3.40. The molecular formula is C14H12ClF3N2O. The van der Waals surface area contributed by atoms with Gasteiger partial charge in [-0.25, -0.2) is 9.82 Å². The number of nitrogens with two attached hydrogens (primary N) is 1. The van der Waals surface area contributed by atoms with Crippen molar-refractivity contribution in [3.63, 3.8) is 0 Å². The molecule has 112 valence electrons. The molecule has 0 aromatic heterocycles. The molecule has 0 aliphatic heterocycles. The van der Waals surface area contributed by atoms with Crippen LogP contribution >= 0.6 is 11.6 Å². The van der Waals surface area contributed by atoms with E-state index < -0.39 is 18.5 Å². The fourth-order valence-corrected chi connectivity index (χ4v) is 2.20. The fraction of sp³-hybridized carbons (Fsp3) is 0.143. The third kappa shape index (κ3) is 3.87. The first-order valence-electron chi connectivity index (χ1n) is 5.97. The summed E-state index contributed by atoms with van der Waals surface area (Å²) in [7, 11) is 0. The van der Waals surface area contributed by atoms with Crippen LogP contribution in [-0.2, 0) is 0 Å². The van der Waals surface area contributed by atoms with Crippen LogP contribution in [0.3, 0.4) is 0 Å². The molecule has 3 nitrogen and oxygen atoms in total. The number of alkyl halides is 2. The van der Waals surface area contributed by atoms with Crippen LogP contribution in [0.2, 0.25) is 5.02 Å². The van der Waals surface area contributed by atoms with Gasteiger partial charge in [-0.05, 0) is 41.5 Å². The average Bonchev–Trinajstić information content (AvgIpc) is 2.43. The van der Waals surface area contributed by atoms with Gasteiger partial charge in [0.1, 0.15) is 11.6 Å². The molecule has 2 aromatic rings. The van der Waals surface area contributed by atoms with E-state index in [0.29, 0.717) is 16.1 Å². The lowest BCUT2D eigenvalue weighted by Gasteiger charge is -2.19. The molecular weight excluding hydrogens is 305 g/mol. The zero-order valence-electron chi connectivity index (χ0n) is 10.7. The van der Waals surface area contributed by atoms with Crippen LogP contribution in [0.25, 0.3) is 0 Å². The Balaban J connectivity index is 2.39. The third-order valence-electron chi connectivity index (χ3n) is 2.85. The molecule has 0 saturated heterocycles.